The van der Waals surface area contributed by atoms with Gasteiger partial charge < -0.3 is 10.1 Å². The van der Waals surface area contributed by atoms with E-state index in [9.17, 15) is 0 Å². The van der Waals surface area contributed by atoms with Crippen molar-refractivity contribution in [2.45, 2.75) is 13.2 Å². The van der Waals surface area contributed by atoms with Gasteiger partial charge in [-0.1, -0.05) is 60.7 Å². The fourth-order valence-electron chi connectivity index (χ4n) is 2.70. The molecule has 0 bridgehead atoms. The average molecular weight is 342 g/mol. The summed E-state index contributed by atoms with van der Waals surface area (Å²) in [6.07, 6.45) is 1.75. The number of ether oxygens (including phenoxy) is 1. The number of rotatable bonds is 6. The molecule has 0 atom stereocenters. The summed E-state index contributed by atoms with van der Waals surface area (Å²) >= 11 is 0. The van der Waals surface area contributed by atoms with Crippen molar-refractivity contribution in [1.82, 2.24) is 15.2 Å². The van der Waals surface area contributed by atoms with Crippen molar-refractivity contribution < 1.29 is 4.74 Å². The molecule has 0 radical (unpaired) electrons. The van der Waals surface area contributed by atoms with E-state index in [-0.39, 0.29) is 0 Å². The Labute approximate surface area is 151 Å². The average Bonchev–Trinajstić information content (AvgIpc) is 2.72. The first-order valence-electron chi connectivity index (χ1n) is 8.46. The second-order valence-corrected chi connectivity index (χ2v) is 5.87. The van der Waals surface area contributed by atoms with Gasteiger partial charge in [-0.15, -0.1) is 10.2 Å². The van der Waals surface area contributed by atoms with Crippen LogP contribution in [0.2, 0.25) is 0 Å². The quantitative estimate of drug-likeness (QED) is 0.568. The topological polar surface area (TPSA) is 59.9 Å². The van der Waals surface area contributed by atoms with E-state index in [4.69, 9.17) is 4.74 Å². The van der Waals surface area contributed by atoms with Gasteiger partial charge in [0.15, 0.2) is 5.82 Å². The van der Waals surface area contributed by atoms with Gasteiger partial charge in [-0.25, -0.2) is 0 Å². The third-order valence-corrected chi connectivity index (χ3v) is 4.02. The van der Waals surface area contributed by atoms with Crippen molar-refractivity contribution >= 4 is 16.7 Å². The number of nitrogens with zero attached hydrogens (tertiary/aromatic N) is 3. The Balaban J connectivity index is 1.57. The Kier molecular flexibility index (Phi) is 4.69. The second-order valence-electron chi connectivity index (χ2n) is 5.87. The maximum Gasteiger partial charge on any atom is 0.243 e. The lowest BCUT2D eigenvalue weighted by Gasteiger charge is -2.11. The molecule has 4 rings (SSSR count). The Morgan fingerprint density at radius 2 is 1.50 bits per heavy atom. The van der Waals surface area contributed by atoms with Gasteiger partial charge in [0.25, 0.3) is 0 Å². The number of fused-ring (bicyclic) bond motifs is 1. The predicted molar refractivity (Wildman–Crippen MR) is 102 cm³/mol. The molecule has 0 amide bonds. The SMILES string of the molecule is c1ccc(CNc2nnc(OCc3ccccc3)c3cccnc23)cc1. The highest BCUT2D eigenvalue weighted by Gasteiger charge is 2.11. The van der Waals surface area contributed by atoms with E-state index in [1.807, 2.05) is 60.7 Å². The van der Waals surface area contributed by atoms with Gasteiger partial charge >= 0.3 is 0 Å². The first-order valence-corrected chi connectivity index (χ1v) is 8.46. The van der Waals surface area contributed by atoms with Crippen LogP contribution in [-0.4, -0.2) is 15.2 Å². The van der Waals surface area contributed by atoms with E-state index in [2.05, 4.69) is 32.6 Å². The minimum Gasteiger partial charge on any atom is -0.471 e. The van der Waals surface area contributed by atoms with Gasteiger partial charge in [0.2, 0.25) is 5.88 Å². The maximum absolute atomic E-state index is 5.88. The summed E-state index contributed by atoms with van der Waals surface area (Å²) in [6, 6.07) is 24.0. The molecule has 0 aliphatic rings. The standard InChI is InChI=1S/C21H18N4O/c1-3-8-16(9-4-1)14-23-20-19-18(12-7-13-22-19)21(25-24-20)26-15-17-10-5-2-6-11-17/h1-13H,14-15H2,(H,23,24). The Bertz CT molecular complexity index is 908. The lowest BCUT2D eigenvalue weighted by molar-refractivity contribution is 0.294. The summed E-state index contributed by atoms with van der Waals surface area (Å²) in [5.41, 5.74) is 3.00. The summed E-state index contributed by atoms with van der Waals surface area (Å²) in [5, 5.41) is 12.7. The van der Waals surface area contributed by atoms with Crippen molar-refractivity contribution in [2.24, 2.45) is 0 Å². The van der Waals surface area contributed by atoms with Crippen LogP contribution >= 0.6 is 0 Å². The van der Waals surface area contributed by atoms with E-state index >= 15 is 0 Å². The highest BCUT2D eigenvalue weighted by Crippen LogP contribution is 2.26. The van der Waals surface area contributed by atoms with Gasteiger partial charge in [0.1, 0.15) is 12.1 Å². The fourth-order valence-corrected chi connectivity index (χ4v) is 2.70. The van der Waals surface area contributed by atoms with Crippen molar-refractivity contribution in [3.63, 3.8) is 0 Å². The number of hydrogen-bond acceptors (Lipinski definition) is 5. The Morgan fingerprint density at radius 1 is 0.769 bits per heavy atom. The molecular weight excluding hydrogens is 324 g/mol. The molecule has 2 heterocycles. The van der Waals surface area contributed by atoms with Crippen LogP contribution in [0.5, 0.6) is 5.88 Å². The van der Waals surface area contributed by atoms with Crippen LogP contribution in [0.4, 0.5) is 5.82 Å². The van der Waals surface area contributed by atoms with E-state index < -0.39 is 0 Å². The van der Waals surface area contributed by atoms with Crippen molar-refractivity contribution in [3.8, 4) is 5.88 Å². The van der Waals surface area contributed by atoms with Crippen molar-refractivity contribution in [2.75, 3.05) is 5.32 Å². The van der Waals surface area contributed by atoms with Crippen LogP contribution in [0.15, 0.2) is 79.0 Å². The lowest BCUT2D eigenvalue weighted by atomic mass is 10.2. The van der Waals surface area contributed by atoms with E-state index in [0.29, 0.717) is 24.8 Å². The Hall–Kier alpha value is -3.47. The molecule has 5 nitrogen and oxygen atoms in total. The molecule has 0 aliphatic carbocycles. The molecule has 2 aromatic carbocycles. The molecular formula is C21H18N4O. The lowest BCUT2D eigenvalue weighted by Crippen LogP contribution is -2.06. The number of anilines is 1. The summed E-state index contributed by atoms with van der Waals surface area (Å²) < 4.78 is 5.88. The summed E-state index contributed by atoms with van der Waals surface area (Å²) in [7, 11) is 0. The highest BCUT2D eigenvalue weighted by atomic mass is 16.5. The molecule has 0 aliphatic heterocycles. The number of benzene rings is 2. The largest absolute Gasteiger partial charge is 0.471 e. The van der Waals surface area contributed by atoms with Crippen LogP contribution in [0, 0.1) is 0 Å². The van der Waals surface area contributed by atoms with E-state index in [1.165, 1.54) is 5.56 Å². The molecule has 0 saturated heterocycles. The Morgan fingerprint density at radius 3 is 2.27 bits per heavy atom. The minimum absolute atomic E-state index is 0.441. The van der Waals surface area contributed by atoms with Gasteiger partial charge in [-0.2, -0.15) is 0 Å². The molecule has 128 valence electrons. The fraction of sp³-hybridized carbons (Fsp3) is 0.0952. The third kappa shape index (κ3) is 3.62. The maximum atomic E-state index is 5.88. The third-order valence-electron chi connectivity index (χ3n) is 4.02. The van der Waals surface area contributed by atoms with Crippen LogP contribution in [0.3, 0.4) is 0 Å². The highest BCUT2D eigenvalue weighted by molar-refractivity contribution is 5.91. The summed E-state index contributed by atoms with van der Waals surface area (Å²) in [4.78, 5) is 4.46. The van der Waals surface area contributed by atoms with Crippen LogP contribution in [0.25, 0.3) is 10.9 Å². The normalized spacial score (nSPS) is 10.6. The summed E-state index contributed by atoms with van der Waals surface area (Å²) in [5.74, 6) is 1.14. The zero-order chi connectivity index (χ0) is 17.6. The van der Waals surface area contributed by atoms with Crippen molar-refractivity contribution in [3.05, 3.63) is 90.1 Å². The summed E-state index contributed by atoms with van der Waals surface area (Å²) in [6.45, 7) is 1.10. The molecule has 0 spiro atoms. The number of pyridine rings is 1. The van der Waals surface area contributed by atoms with Gasteiger partial charge in [-0.3, -0.25) is 4.98 Å². The molecule has 2 aromatic heterocycles. The van der Waals surface area contributed by atoms with Gasteiger partial charge in [0, 0.05) is 12.7 Å². The van der Waals surface area contributed by atoms with Crippen LogP contribution < -0.4 is 10.1 Å². The van der Waals surface area contributed by atoms with E-state index in [1.54, 1.807) is 6.20 Å². The number of nitrogens with one attached hydrogen (secondary N) is 1. The van der Waals surface area contributed by atoms with Gasteiger partial charge in [-0.05, 0) is 23.3 Å². The molecule has 5 heteroatoms. The van der Waals surface area contributed by atoms with Crippen LogP contribution in [0.1, 0.15) is 11.1 Å². The molecule has 0 fully saturated rings. The van der Waals surface area contributed by atoms with Crippen molar-refractivity contribution in [1.29, 1.82) is 0 Å². The molecule has 1 N–H and O–H groups in total. The zero-order valence-electron chi connectivity index (χ0n) is 14.2. The smallest absolute Gasteiger partial charge is 0.243 e. The molecule has 0 unspecified atom stereocenters. The zero-order valence-corrected chi connectivity index (χ0v) is 14.2. The first kappa shape index (κ1) is 16.0. The van der Waals surface area contributed by atoms with Crippen LogP contribution in [-0.2, 0) is 13.2 Å². The molecule has 0 saturated carbocycles. The first-order chi connectivity index (χ1) is 12.9. The molecule has 26 heavy (non-hydrogen) atoms. The monoisotopic (exact) mass is 342 g/mol. The number of aromatic nitrogens is 3. The second kappa shape index (κ2) is 7.61. The molecule has 4 aromatic rings. The predicted octanol–water partition coefficient (Wildman–Crippen LogP) is 4.22. The minimum atomic E-state index is 0.441. The van der Waals surface area contributed by atoms with E-state index in [0.717, 1.165) is 16.5 Å². The number of hydrogen-bond donors (Lipinski definition) is 1. The van der Waals surface area contributed by atoms with Gasteiger partial charge in [0.05, 0.1) is 5.39 Å².